The second-order valence-electron chi connectivity index (χ2n) is 2.52. The van der Waals surface area contributed by atoms with Crippen LogP contribution in [0.3, 0.4) is 0 Å². The number of carbonyl (C=O) groups is 1. The average molecular weight is 236 g/mol. The maximum Gasteiger partial charge on any atom is 0.344 e. The van der Waals surface area contributed by atoms with Crippen LogP contribution in [0.5, 0.6) is 5.75 Å². The third-order valence-corrected chi connectivity index (χ3v) is 1.91. The first-order valence-corrected chi connectivity index (χ1v) is 4.48. The Labute approximate surface area is 90.4 Å². The summed E-state index contributed by atoms with van der Waals surface area (Å²) in [5.74, 6) is -0.873. The van der Waals surface area contributed by atoms with E-state index in [9.17, 15) is 4.79 Å². The maximum atomic E-state index is 10.5. The van der Waals surface area contributed by atoms with Crippen molar-refractivity contribution in [2.45, 2.75) is 13.0 Å². The maximum absolute atomic E-state index is 10.5. The van der Waals surface area contributed by atoms with Crippen LogP contribution in [0.25, 0.3) is 0 Å². The number of aliphatic carboxylic acids is 1. The monoisotopic (exact) mass is 235 g/mol. The van der Waals surface area contributed by atoms with Crippen molar-refractivity contribution in [3.63, 3.8) is 0 Å². The number of rotatable bonds is 3. The molecule has 0 spiro atoms. The first-order chi connectivity index (χ1) is 6.50. The molecule has 14 heavy (non-hydrogen) atoms. The van der Waals surface area contributed by atoms with E-state index >= 15 is 0 Å². The van der Waals surface area contributed by atoms with E-state index in [0.29, 0.717) is 0 Å². The van der Waals surface area contributed by atoms with Crippen LogP contribution in [0.4, 0.5) is 0 Å². The minimum absolute atomic E-state index is 0.0469. The number of hydrogen-bond donors (Lipinski definition) is 1. The fraction of sp³-hybridized carbons (Fsp3) is 0.250. The topological polar surface area (TPSA) is 59.4 Å². The standard InChI is InChI=1S/C8H7Cl2NO3/c1-4(8(12)13)14-5-2-3-6(9)11-7(5)10/h2-4H,1H3,(H,12,13). The van der Waals surface area contributed by atoms with Crippen molar-refractivity contribution in [2.24, 2.45) is 0 Å². The molecule has 0 radical (unpaired) electrons. The van der Waals surface area contributed by atoms with Crippen molar-refractivity contribution in [2.75, 3.05) is 0 Å². The molecule has 0 fully saturated rings. The molecule has 0 saturated heterocycles. The van der Waals surface area contributed by atoms with Gasteiger partial charge in [-0.05, 0) is 19.1 Å². The van der Waals surface area contributed by atoms with E-state index in [1.165, 1.54) is 19.1 Å². The van der Waals surface area contributed by atoms with Crippen LogP contribution in [0, 0.1) is 0 Å². The summed E-state index contributed by atoms with van der Waals surface area (Å²) in [6, 6.07) is 2.94. The largest absolute Gasteiger partial charge is 0.479 e. The number of aromatic nitrogens is 1. The summed E-state index contributed by atoms with van der Waals surface area (Å²) in [6.45, 7) is 1.40. The molecule has 1 rings (SSSR count). The first-order valence-electron chi connectivity index (χ1n) is 3.72. The van der Waals surface area contributed by atoms with Crippen molar-refractivity contribution < 1.29 is 14.6 Å². The Kier molecular flexibility index (Phi) is 3.55. The van der Waals surface area contributed by atoms with E-state index < -0.39 is 12.1 Å². The Balaban J connectivity index is 2.82. The molecule has 1 unspecified atom stereocenters. The van der Waals surface area contributed by atoms with Crippen molar-refractivity contribution in [1.82, 2.24) is 4.98 Å². The molecule has 1 heterocycles. The zero-order valence-corrected chi connectivity index (χ0v) is 8.71. The third kappa shape index (κ3) is 2.75. The summed E-state index contributed by atoms with van der Waals surface area (Å²) >= 11 is 11.2. The van der Waals surface area contributed by atoms with E-state index in [1.54, 1.807) is 0 Å². The Hall–Kier alpha value is -1.00. The zero-order valence-electron chi connectivity index (χ0n) is 7.20. The van der Waals surface area contributed by atoms with Gasteiger partial charge in [-0.25, -0.2) is 9.78 Å². The Morgan fingerprint density at radius 2 is 2.21 bits per heavy atom. The molecular formula is C8H7Cl2NO3. The van der Waals surface area contributed by atoms with Gasteiger partial charge in [0, 0.05) is 0 Å². The molecule has 0 aliphatic heterocycles. The van der Waals surface area contributed by atoms with Crippen molar-refractivity contribution in [3.05, 3.63) is 22.4 Å². The highest BCUT2D eigenvalue weighted by atomic mass is 35.5. The summed E-state index contributed by atoms with van der Waals surface area (Å²) in [7, 11) is 0. The number of pyridine rings is 1. The van der Waals surface area contributed by atoms with Crippen LogP contribution in [-0.2, 0) is 4.79 Å². The van der Waals surface area contributed by atoms with E-state index in [4.69, 9.17) is 33.0 Å². The smallest absolute Gasteiger partial charge is 0.344 e. The van der Waals surface area contributed by atoms with Gasteiger partial charge in [0.05, 0.1) is 0 Å². The fourth-order valence-corrected chi connectivity index (χ4v) is 1.12. The minimum atomic E-state index is -1.07. The van der Waals surface area contributed by atoms with Crippen molar-refractivity contribution in [3.8, 4) is 5.75 Å². The van der Waals surface area contributed by atoms with E-state index in [1.807, 2.05) is 0 Å². The Bertz CT molecular complexity index is 356. The van der Waals surface area contributed by atoms with Gasteiger partial charge < -0.3 is 9.84 Å². The molecular weight excluding hydrogens is 229 g/mol. The predicted molar refractivity (Wildman–Crippen MR) is 52.0 cm³/mol. The minimum Gasteiger partial charge on any atom is -0.479 e. The lowest BCUT2D eigenvalue weighted by atomic mass is 10.4. The average Bonchev–Trinajstić information content (AvgIpc) is 2.09. The van der Waals surface area contributed by atoms with Gasteiger partial charge in [0.25, 0.3) is 0 Å². The fourth-order valence-electron chi connectivity index (χ4n) is 0.728. The van der Waals surface area contributed by atoms with Crippen LogP contribution in [0.15, 0.2) is 12.1 Å². The van der Waals surface area contributed by atoms with Gasteiger partial charge in [-0.15, -0.1) is 0 Å². The van der Waals surface area contributed by atoms with Gasteiger partial charge in [-0.3, -0.25) is 0 Å². The molecule has 1 aromatic heterocycles. The van der Waals surface area contributed by atoms with Crippen LogP contribution in [-0.4, -0.2) is 22.2 Å². The molecule has 0 bridgehead atoms. The van der Waals surface area contributed by atoms with Gasteiger partial charge in [-0.1, -0.05) is 23.2 Å². The molecule has 0 aliphatic rings. The number of hydrogen-bond acceptors (Lipinski definition) is 3. The van der Waals surface area contributed by atoms with E-state index in [-0.39, 0.29) is 16.1 Å². The molecule has 76 valence electrons. The number of carboxylic acid groups (broad SMARTS) is 1. The third-order valence-electron chi connectivity index (χ3n) is 1.43. The van der Waals surface area contributed by atoms with Gasteiger partial charge >= 0.3 is 5.97 Å². The molecule has 0 aliphatic carbocycles. The van der Waals surface area contributed by atoms with Gasteiger partial charge in [0.2, 0.25) is 0 Å². The molecule has 4 nitrogen and oxygen atoms in total. The molecule has 0 aromatic carbocycles. The summed E-state index contributed by atoms with van der Waals surface area (Å²) in [6.07, 6.45) is -0.976. The number of halogens is 2. The highest BCUT2D eigenvalue weighted by molar-refractivity contribution is 6.33. The van der Waals surface area contributed by atoms with E-state index in [0.717, 1.165) is 0 Å². The summed E-state index contributed by atoms with van der Waals surface area (Å²) in [5.41, 5.74) is 0. The molecule has 1 atom stereocenters. The Morgan fingerprint density at radius 1 is 1.57 bits per heavy atom. The molecule has 0 amide bonds. The number of ether oxygens (including phenoxy) is 1. The quantitative estimate of drug-likeness (QED) is 0.817. The first kappa shape index (κ1) is 11.1. The predicted octanol–water partition coefficient (Wildman–Crippen LogP) is 2.24. The van der Waals surface area contributed by atoms with Gasteiger partial charge in [-0.2, -0.15) is 0 Å². The lowest BCUT2D eigenvalue weighted by Gasteiger charge is -2.10. The van der Waals surface area contributed by atoms with E-state index in [2.05, 4.69) is 4.98 Å². The normalized spacial score (nSPS) is 12.2. The van der Waals surface area contributed by atoms with Crippen LogP contribution < -0.4 is 4.74 Å². The van der Waals surface area contributed by atoms with Crippen molar-refractivity contribution in [1.29, 1.82) is 0 Å². The zero-order chi connectivity index (χ0) is 10.7. The van der Waals surface area contributed by atoms with Crippen LogP contribution in [0.2, 0.25) is 10.3 Å². The van der Waals surface area contributed by atoms with Crippen molar-refractivity contribution >= 4 is 29.2 Å². The molecule has 0 saturated carbocycles. The molecule has 1 N–H and O–H groups in total. The lowest BCUT2D eigenvalue weighted by Crippen LogP contribution is -2.23. The molecule has 6 heteroatoms. The SMILES string of the molecule is CC(Oc1ccc(Cl)nc1Cl)C(=O)O. The van der Waals surface area contributed by atoms with Gasteiger partial charge in [0.1, 0.15) is 5.15 Å². The lowest BCUT2D eigenvalue weighted by molar-refractivity contribution is -0.144. The molecule has 1 aromatic rings. The van der Waals surface area contributed by atoms with Crippen LogP contribution in [0.1, 0.15) is 6.92 Å². The number of carboxylic acids is 1. The van der Waals surface area contributed by atoms with Crippen LogP contribution >= 0.6 is 23.2 Å². The highest BCUT2D eigenvalue weighted by Crippen LogP contribution is 2.24. The summed E-state index contributed by atoms with van der Waals surface area (Å²) in [4.78, 5) is 14.2. The second kappa shape index (κ2) is 4.48. The summed E-state index contributed by atoms with van der Waals surface area (Å²) < 4.78 is 5.01. The van der Waals surface area contributed by atoms with Gasteiger partial charge in [0.15, 0.2) is 17.0 Å². The Morgan fingerprint density at radius 3 is 2.71 bits per heavy atom. The second-order valence-corrected chi connectivity index (χ2v) is 3.27. The number of nitrogens with zero attached hydrogens (tertiary/aromatic N) is 1. The summed E-state index contributed by atoms with van der Waals surface area (Å²) in [5, 5.41) is 8.85. The highest BCUT2D eigenvalue weighted by Gasteiger charge is 2.14.